The van der Waals surface area contributed by atoms with Crippen LogP contribution in [0.15, 0.2) is 132 Å². The number of rotatable bonds is 13. The summed E-state index contributed by atoms with van der Waals surface area (Å²) in [5.41, 5.74) is 3.01. The SMILES string of the molecule is COc1ccc(COC(=O)C2=C(O)CS[C@H]3[C@H](NC(=O)C(OC)c4csc(NC(c5ccccc5)(c5ccccc5)c5ccccc5)n4)C(=O)N23)cc1. The van der Waals surface area contributed by atoms with Crippen molar-refractivity contribution in [3.05, 3.63) is 160 Å². The van der Waals surface area contributed by atoms with E-state index in [0.717, 1.165) is 16.7 Å². The number of aliphatic hydroxyl groups is 1. The molecule has 3 N–H and O–H groups in total. The summed E-state index contributed by atoms with van der Waals surface area (Å²) < 4.78 is 16.2. The Morgan fingerprint density at radius 1 is 0.906 bits per heavy atom. The van der Waals surface area contributed by atoms with Crippen LogP contribution >= 0.6 is 23.1 Å². The fraction of sp³-hybridized carbons (Fsp3) is 0.200. The standard InChI is InChI=1S/C40H36N4O7S2/c1-49-29-20-18-25(19-21-29)22-51-38(48)33-31(45)24-52-37-32(36(47)44(33)37)42-35(46)34(50-2)30-23-53-39(41-30)43-40(26-12-6-3-7-13-26,27-14-8-4-9-15-27)28-16-10-5-11-17-28/h3-21,23,32,34,37,45H,22,24H2,1-2H3,(H,41,43)(H,42,46)/t32-,34?,37+/m1/s1. The van der Waals surface area contributed by atoms with Crippen molar-refractivity contribution < 1.29 is 33.7 Å². The quantitative estimate of drug-likeness (QED) is 0.0730. The fourth-order valence-corrected chi connectivity index (χ4v) is 8.51. The van der Waals surface area contributed by atoms with Gasteiger partial charge in [0.2, 0.25) is 0 Å². The Labute approximate surface area is 314 Å². The van der Waals surface area contributed by atoms with Crippen molar-refractivity contribution in [3.63, 3.8) is 0 Å². The molecule has 0 bridgehead atoms. The normalized spacial score (nSPS) is 17.3. The largest absolute Gasteiger partial charge is 0.509 e. The second-order valence-corrected chi connectivity index (χ2v) is 14.2. The molecule has 2 amide bonds. The molecule has 3 heterocycles. The van der Waals surface area contributed by atoms with Gasteiger partial charge in [0.1, 0.15) is 35.1 Å². The number of nitrogens with one attached hydrogen (secondary N) is 2. The molecule has 2 aliphatic rings. The Bertz CT molecular complexity index is 2010. The van der Waals surface area contributed by atoms with Crippen molar-refractivity contribution >= 4 is 46.0 Å². The number of thioether (sulfide) groups is 1. The average molecular weight is 749 g/mol. The van der Waals surface area contributed by atoms with Gasteiger partial charge < -0.3 is 30.0 Å². The third kappa shape index (κ3) is 6.98. The van der Waals surface area contributed by atoms with Crippen LogP contribution in [0.5, 0.6) is 5.75 Å². The van der Waals surface area contributed by atoms with Gasteiger partial charge in [0.25, 0.3) is 11.8 Å². The first-order valence-corrected chi connectivity index (χ1v) is 18.7. The number of anilines is 1. The highest BCUT2D eigenvalue weighted by molar-refractivity contribution is 8.00. The van der Waals surface area contributed by atoms with Gasteiger partial charge in [-0.15, -0.1) is 23.1 Å². The number of amides is 2. The molecule has 11 nitrogen and oxygen atoms in total. The summed E-state index contributed by atoms with van der Waals surface area (Å²) in [5, 5.41) is 18.8. The van der Waals surface area contributed by atoms with Crippen molar-refractivity contribution in [2.45, 2.75) is 29.7 Å². The average Bonchev–Trinajstić information content (AvgIpc) is 3.67. The molecule has 7 rings (SSSR count). The summed E-state index contributed by atoms with van der Waals surface area (Å²) in [5.74, 6) is -1.49. The number of fused-ring (bicyclic) bond motifs is 1. The molecule has 0 saturated carbocycles. The molecular weight excluding hydrogens is 713 g/mol. The number of ether oxygens (including phenoxy) is 3. The molecule has 1 saturated heterocycles. The molecule has 13 heteroatoms. The first kappa shape index (κ1) is 35.8. The van der Waals surface area contributed by atoms with Gasteiger partial charge in [0, 0.05) is 12.5 Å². The topological polar surface area (TPSA) is 139 Å². The molecule has 0 radical (unpaired) electrons. The number of β-lactam (4-membered cyclic amide) rings is 1. The van der Waals surface area contributed by atoms with Crippen LogP contribution in [0.1, 0.15) is 34.1 Å². The molecule has 1 fully saturated rings. The number of hydrogen-bond donors (Lipinski definition) is 3. The van der Waals surface area contributed by atoms with Crippen LogP contribution in [-0.2, 0) is 36.0 Å². The van der Waals surface area contributed by atoms with E-state index in [4.69, 9.17) is 19.2 Å². The van der Waals surface area contributed by atoms with Crippen LogP contribution in [0, 0.1) is 0 Å². The maximum Gasteiger partial charge on any atom is 0.358 e. The van der Waals surface area contributed by atoms with Gasteiger partial charge in [-0.25, -0.2) is 9.78 Å². The van der Waals surface area contributed by atoms with E-state index in [-0.39, 0.29) is 23.8 Å². The number of hydrogen-bond acceptors (Lipinski definition) is 11. The Kier molecular flexibility index (Phi) is 10.5. The third-order valence-electron chi connectivity index (χ3n) is 9.15. The van der Waals surface area contributed by atoms with E-state index in [1.165, 1.54) is 35.1 Å². The molecule has 1 aromatic heterocycles. The molecule has 270 valence electrons. The van der Waals surface area contributed by atoms with Crippen LogP contribution in [-0.4, -0.2) is 64.2 Å². The number of thiazole rings is 1. The second kappa shape index (κ2) is 15.5. The van der Waals surface area contributed by atoms with E-state index < -0.39 is 40.8 Å². The lowest BCUT2D eigenvalue weighted by molar-refractivity contribution is -0.154. The van der Waals surface area contributed by atoms with Crippen LogP contribution in [0.4, 0.5) is 5.13 Å². The van der Waals surface area contributed by atoms with E-state index in [2.05, 4.69) is 47.0 Å². The minimum absolute atomic E-state index is 0.0641. The van der Waals surface area contributed by atoms with E-state index in [9.17, 15) is 19.5 Å². The number of benzene rings is 4. The molecule has 5 aromatic rings. The highest BCUT2D eigenvalue weighted by Gasteiger charge is 2.55. The zero-order valence-corrected chi connectivity index (χ0v) is 30.4. The third-order valence-corrected chi connectivity index (χ3v) is 11.2. The molecule has 4 aromatic carbocycles. The van der Waals surface area contributed by atoms with Gasteiger partial charge in [0.15, 0.2) is 16.9 Å². The molecule has 53 heavy (non-hydrogen) atoms. The minimum atomic E-state index is -1.13. The number of carbonyl (C=O) groups excluding carboxylic acids is 3. The van der Waals surface area contributed by atoms with Crippen LogP contribution < -0.4 is 15.4 Å². The number of nitrogens with zero attached hydrogens (tertiary/aromatic N) is 2. The summed E-state index contributed by atoms with van der Waals surface area (Å²) in [7, 11) is 2.96. The number of aliphatic hydroxyl groups excluding tert-OH is 1. The van der Waals surface area contributed by atoms with E-state index in [1.807, 2.05) is 54.6 Å². The lowest BCUT2D eigenvalue weighted by atomic mass is 9.77. The minimum Gasteiger partial charge on any atom is -0.509 e. The summed E-state index contributed by atoms with van der Waals surface area (Å²) in [6, 6.07) is 36.3. The zero-order valence-electron chi connectivity index (χ0n) is 28.8. The van der Waals surface area contributed by atoms with Gasteiger partial charge in [-0.2, -0.15) is 0 Å². The number of esters is 1. The maximum atomic E-state index is 13.7. The number of methoxy groups -OCH3 is 2. The summed E-state index contributed by atoms with van der Waals surface area (Å²) >= 11 is 2.56. The second-order valence-electron chi connectivity index (χ2n) is 12.3. The van der Waals surface area contributed by atoms with Gasteiger partial charge in [-0.05, 0) is 34.4 Å². The Balaban J connectivity index is 1.07. The molecule has 2 aliphatic heterocycles. The Morgan fingerprint density at radius 3 is 2.04 bits per heavy atom. The van der Waals surface area contributed by atoms with Crippen molar-refractivity contribution in [2.24, 2.45) is 0 Å². The summed E-state index contributed by atoms with van der Waals surface area (Å²) in [4.78, 5) is 46.2. The van der Waals surface area contributed by atoms with Crippen LogP contribution in [0.2, 0.25) is 0 Å². The van der Waals surface area contributed by atoms with Gasteiger partial charge in [-0.1, -0.05) is 103 Å². The zero-order chi connectivity index (χ0) is 37.0. The van der Waals surface area contributed by atoms with Crippen LogP contribution in [0.3, 0.4) is 0 Å². The fourth-order valence-electron chi connectivity index (χ4n) is 6.53. The summed E-state index contributed by atoms with van der Waals surface area (Å²) in [6.45, 7) is -0.0667. The Hall–Kier alpha value is -5.63. The number of carbonyl (C=O) groups is 3. The number of aromatic nitrogens is 1. The lowest BCUT2D eigenvalue weighted by Crippen LogP contribution is -2.71. The molecule has 0 spiro atoms. The van der Waals surface area contributed by atoms with Crippen molar-refractivity contribution in [2.75, 3.05) is 25.3 Å². The van der Waals surface area contributed by atoms with E-state index in [1.54, 1.807) is 36.8 Å². The van der Waals surface area contributed by atoms with Crippen molar-refractivity contribution in [1.29, 1.82) is 0 Å². The lowest BCUT2D eigenvalue weighted by Gasteiger charge is -2.48. The maximum absolute atomic E-state index is 13.7. The smallest absolute Gasteiger partial charge is 0.358 e. The van der Waals surface area contributed by atoms with Crippen LogP contribution in [0.25, 0.3) is 0 Å². The van der Waals surface area contributed by atoms with E-state index in [0.29, 0.717) is 22.1 Å². The van der Waals surface area contributed by atoms with Gasteiger partial charge in [-0.3, -0.25) is 14.5 Å². The molecule has 0 aliphatic carbocycles. The van der Waals surface area contributed by atoms with Gasteiger partial charge in [0.05, 0.1) is 18.6 Å². The van der Waals surface area contributed by atoms with Crippen molar-refractivity contribution in [1.82, 2.24) is 15.2 Å². The summed E-state index contributed by atoms with van der Waals surface area (Å²) in [6.07, 6.45) is -1.13. The molecule has 1 unspecified atom stereocenters. The molecular formula is C40H36N4O7S2. The van der Waals surface area contributed by atoms with Gasteiger partial charge >= 0.3 is 5.97 Å². The highest BCUT2D eigenvalue weighted by atomic mass is 32.2. The first-order chi connectivity index (χ1) is 25.8. The van der Waals surface area contributed by atoms with E-state index >= 15 is 0 Å². The molecule has 3 atom stereocenters. The monoisotopic (exact) mass is 748 g/mol. The first-order valence-electron chi connectivity index (χ1n) is 16.7. The predicted octanol–water partition coefficient (Wildman–Crippen LogP) is 6.16. The van der Waals surface area contributed by atoms with Crippen molar-refractivity contribution in [3.8, 4) is 5.75 Å². The highest BCUT2D eigenvalue weighted by Crippen LogP contribution is 2.42. The Morgan fingerprint density at radius 2 is 1.49 bits per heavy atom. The predicted molar refractivity (Wildman–Crippen MR) is 202 cm³/mol.